The number of hydrogen-bond acceptors (Lipinski definition) is 2. The lowest BCUT2D eigenvalue weighted by atomic mass is 9.98. The zero-order valence-corrected chi connectivity index (χ0v) is 11.6. The molecule has 2 rings (SSSR count). The van der Waals surface area contributed by atoms with E-state index in [2.05, 4.69) is 32.0 Å². The monoisotopic (exact) mass is 255 g/mol. The van der Waals surface area contributed by atoms with Crippen molar-refractivity contribution in [2.75, 3.05) is 6.61 Å². The van der Waals surface area contributed by atoms with Gasteiger partial charge in [0.05, 0.1) is 12.6 Å². The molecule has 2 aromatic rings. The standard InChI is InChI=1S/C17H21NO/c1-3-10-19-16-9-5-8-15(12-16)17(18)14-7-4-6-13(2)11-14/h4-9,11-12,17H,3,10,18H2,1-2H3. The molecule has 19 heavy (non-hydrogen) atoms. The fourth-order valence-electron chi connectivity index (χ4n) is 2.07. The van der Waals surface area contributed by atoms with Gasteiger partial charge in [0, 0.05) is 0 Å². The predicted octanol–water partition coefficient (Wildman–Crippen LogP) is 3.83. The number of benzene rings is 2. The molecule has 1 unspecified atom stereocenters. The fraction of sp³-hybridized carbons (Fsp3) is 0.294. The summed E-state index contributed by atoms with van der Waals surface area (Å²) >= 11 is 0. The molecule has 0 aliphatic heterocycles. The van der Waals surface area contributed by atoms with Crippen LogP contribution in [0.25, 0.3) is 0 Å². The highest BCUT2D eigenvalue weighted by Crippen LogP contribution is 2.23. The van der Waals surface area contributed by atoms with Crippen LogP contribution in [0.4, 0.5) is 0 Å². The van der Waals surface area contributed by atoms with Gasteiger partial charge in [0.25, 0.3) is 0 Å². The van der Waals surface area contributed by atoms with E-state index in [0.717, 1.165) is 29.9 Å². The molecular weight excluding hydrogens is 234 g/mol. The molecular formula is C17H21NO. The Kier molecular flexibility index (Phi) is 4.58. The molecule has 0 amide bonds. The Morgan fingerprint density at radius 2 is 1.74 bits per heavy atom. The first-order chi connectivity index (χ1) is 9.20. The number of ether oxygens (including phenoxy) is 1. The van der Waals surface area contributed by atoms with E-state index in [4.69, 9.17) is 10.5 Å². The molecule has 0 spiro atoms. The van der Waals surface area contributed by atoms with Crippen LogP contribution in [0.3, 0.4) is 0 Å². The lowest BCUT2D eigenvalue weighted by molar-refractivity contribution is 0.317. The molecule has 0 saturated heterocycles. The SMILES string of the molecule is CCCOc1cccc(C(N)c2cccc(C)c2)c1. The van der Waals surface area contributed by atoms with E-state index in [1.807, 2.05) is 30.3 Å². The van der Waals surface area contributed by atoms with Crippen LogP contribution >= 0.6 is 0 Å². The number of nitrogens with two attached hydrogens (primary N) is 1. The molecule has 0 radical (unpaired) electrons. The Morgan fingerprint density at radius 1 is 1.05 bits per heavy atom. The summed E-state index contributed by atoms with van der Waals surface area (Å²) in [6, 6.07) is 16.3. The zero-order valence-electron chi connectivity index (χ0n) is 11.6. The molecule has 2 aromatic carbocycles. The second kappa shape index (κ2) is 6.39. The molecule has 0 aliphatic carbocycles. The molecule has 0 aliphatic rings. The summed E-state index contributed by atoms with van der Waals surface area (Å²) in [5, 5.41) is 0. The largest absolute Gasteiger partial charge is 0.494 e. The van der Waals surface area contributed by atoms with E-state index in [9.17, 15) is 0 Å². The summed E-state index contributed by atoms with van der Waals surface area (Å²) in [6.07, 6.45) is 1.01. The van der Waals surface area contributed by atoms with Crippen molar-refractivity contribution in [3.8, 4) is 5.75 Å². The topological polar surface area (TPSA) is 35.2 Å². The zero-order chi connectivity index (χ0) is 13.7. The smallest absolute Gasteiger partial charge is 0.119 e. The molecule has 0 fully saturated rings. The minimum absolute atomic E-state index is 0.106. The van der Waals surface area contributed by atoms with Gasteiger partial charge < -0.3 is 10.5 Å². The molecule has 0 saturated carbocycles. The first-order valence-electron chi connectivity index (χ1n) is 6.75. The van der Waals surface area contributed by atoms with Crippen LogP contribution in [0, 0.1) is 6.92 Å². The molecule has 0 aromatic heterocycles. The van der Waals surface area contributed by atoms with E-state index < -0.39 is 0 Å². The van der Waals surface area contributed by atoms with Crippen molar-refractivity contribution in [2.45, 2.75) is 26.3 Å². The van der Waals surface area contributed by atoms with Gasteiger partial charge in [0.2, 0.25) is 0 Å². The second-order valence-electron chi connectivity index (χ2n) is 4.81. The van der Waals surface area contributed by atoms with E-state index in [1.165, 1.54) is 5.56 Å². The highest BCUT2D eigenvalue weighted by Gasteiger charge is 2.09. The van der Waals surface area contributed by atoms with Crippen LogP contribution < -0.4 is 10.5 Å². The normalized spacial score (nSPS) is 12.2. The maximum Gasteiger partial charge on any atom is 0.119 e. The maximum absolute atomic E-state index is 6.33. The summed E-state index contributed by atoms with van der Waals surface area (Å²) < 4.78 is 5.65. The van der Waals surface area contributed by atoms with E-state index >= 15 is 0 Å². The van der Waals surface area contributed by atoms with Crippen molar-refractivity contribution < 1.29 is 4.74 Å². The molecule has 0 heterocycles. The number of rotatable bonds is 5. The Bertz CT molecular complexity index is 536. The third kappa shape index (κ3) is 3.58. The van der Waals surface area contributed by atoms with Crippen LogP contribution in [0.1, 0.15) is 36.1 Å². The van der Waals surface area contributed by atoms with Crippen molar-refractivity contribution in [1.82, 2.24) is 0 Å². The van der Waals surface area contributed by atoms with Crippen LogP contribution in [0.2, 0.25) is 0 Å². The van der Waals surface area contributed by atoms with Gasteiger partial charge in [-0.05, 0) is 36.6 Å². The summed E-state index contributed by atoms with van der Waals surface area (Å²) in [4.78, 5) is 0. The summed E-state index contributed by atoms with van der Waals surface area (Å²) in [7, 11) is 0. The minimum atomic E-state index is -0.106. The first kappa shape index (κ1) is 13.6. The average molecular weight is 255 g/mol. The van der Waals surface area contributed by atoms with Crippen LogP contribution in [-0.2, 0) is 0 Å². The lowest BCUT2D eigenvalue weighted by Gasteiger charge is -2.14. The van der Waals surface area contributed by atoms with E-state index in [1.54, 1.807) is 0 Å². The van der Waals surface area contributed by atoms with E-state index in [-0.39, 0.29) is 6.04 Å². The average Bonchev–Trinajstić information content (AvgIpc) is 2.44. The van der Waals surface area contributed by atoms with Gasteiger partial charge in [0.1, 0.15) is 5.75 Å². The predicted molar refractivity (Wildman–Crippen MR) is 79.4 cm³/mol. The van der Waals surface area contributed by atoms with Gasteiger partial charge in [-0.15, -0.1) is 0 Å². The molecule has 100 valence electrons. The molecule has 2 heteroatoms. The lowest BCUT2D eigenvalue weighted by Crippen LogP contribution is -2.12. The highest BCUT2D eigenvalue weighted by molar-refractivity contribution is 5.37. The van der Waals surface area contributed by atoms with Crippen molar-refractivity contribution in [1.29, 1.82) is 0 Å². The van der Waals surface area contributed by atoms with Crippen molar-refractivity contribution in [2.24, 2.45) is 5.73 Å². The Labute approximate surface area is 115 Å². The molecule has 1 atom stereocenters. The first-order valence-corrected chi connectivity index (χ1v) is 6.75. The number of hydrogen-bond donors (Lipinski definition) is 1. The fourth-order valence-corrected chi connectivity index (χ4v) is 2.07. The van der Waals surface area contributed by atoms with Gasteiger partial charge >= 0.3 is 0 Å². The van der Waals surface area contributed by atoms with Crippen molar-refractivity contribution in [3.05, 3.63) is 65.2 Å². The van der Waals surface area contributed by atoms with Gasteiger partial charge in [0.15, 0.2) is 0 Å². The maximum atomic E-state index is 6.33. The summed E-state index contributed by atoms with van der Waals surface area (Å²) in [5.74, 6) is 0.891. The van der Waals surface area contributed by atoms with Gasteiger partial charge in [-0.25, -0.2) is 0 Å². The van der Waals surface area contributed by atoms with E-state index in [0.29, 0.717) is 0 Å². The summed E-state index contributed by atoms with van der Waals surface area (Å²) in [5.41, 5.74) is 9.77. The Balaban J connectivity index is 2.21. The van der Waals surface area contributed by atoms with Gasteiger partial charge in [-0.1, -0.05) is 48.9 Å². The van der Waals surface area contributed by atoms with Gasteiger partial charge in [-0.2, -0.15) is 0 Å². The Hall–Kier alpha value is -1.80. The molecule has 2 N–H and O–H groups in total. The quantitative estimate of drug-likeness (QED) is 0.881. The van der Waals surface area contributed by atoms with Crippen LogP contribution in [0.15, 0.2) is 48.5 Å². The summed E-state index contributed by atoms with van der Waals surface area (Å²) in [6.45, 7) is 4.92. The highest BCUT2D eigenvalue weighted by atomic mass is 16.5. The third-order valence-electron chi connectivity index (χ3n) is 3.09. The number of aryl methyl sites for hydroxylation is 1. The molecule has 2 nitrogen and oxygen atoms in total. The molecule has 0 bridgehead atoms. The third-order valence-corrected chi connectivity index (χ3v) is 3.09. The van der Waals surface area contributed by atoms with Crippen molar-refractivity contribution >= 4 is 0 Å². The van der Waals surface area contributed by atoms with Crippen LogP contribution in [-0.4, -0.2) is 6.61 Å². The Morgan fingerprint density at radius 3 is 2.42 bits per heavy atom. The van der Waals surface area contributed by atoms with Crippen molar-refractivity contribution in [3.63, 3.8) is 0 Å². The van der Waals surface area contributed by atoms with Crippen LogP contribution in [0.5, 0.6) is 5.75 Å². The second-order valence-corrected chi connectivity index (χ2v) is 4.81. The minimum Gasteiger partial charge on any atom is -0.494 e. The van der Waals surface area contributed by atoms with Gasteiger partial charge in [-0.3, -0.25) is 0 Å².